The second kappa shape index (κ2) is 36.0. The van der Waals surface area contributed by atoms with Gasteiger partial charge in [-0.15, -0.1) is 0 Å². The predicted octanol–water partition coefficient (Wildman–Crippen LogP) is 9.26. The van der Waals surface area contributed by atoms with E-state index in [-0.39, 0.29) is 32.6 Å². The van der Waals surface area contributed by atoms with Gasteiger partial charge in [0.1, 0.15) is 13.2 Å². The largest absolute Gasteiger partial charge is 0.756 e. The fourth-order valence-corrected chi connectivity index (χ4v) is 5.85. The SMILES string of the molecule is CCCCC/C=C\C/C=C\CCCCCCCC(=O)O[C@H](COC(=O)CCCCCCC/C=C\CCCCCC)COP(=O)([O-])OCC[NH3+]. The molecule has 0 aromatic rings. The van der Waals surface area contributed by atoms with E-state index >= 15 is 0 Å². The highest BCUT2D eigenvalue weighted by atomic mass is 31.2. The van der Waals surface area contributed by atoms with Crippen molar-refractivity contribution in [2.24, 2.45) is 0 Å². The van der Waals surface area contributed by atoms with Crippen molar-refractivity contribution in [3.8, 4) is 0 Å². The van der Waals surface area contributed by atoms with Crippen LogP contribution in [-0.2, 0) is 32.7 Å². The van der Waals surface area contributed by atoms with Crippen LogP contribution >= 0.6 is 7.82 Å². The van der Waals surface area contributed by atoms with Crippen molar-refractivity contribution < 1.29 is 43.3 Å². The zero-order valence-electron chi connectivity index (χ0n) is 31.3. The summed E-state index contributed by atoms with van der Waals surface area (Å²) in [5.41, 5.74) is 3.54. The van der Waals surface area contributed by atoms with Crippen LogP contribution in [0.15, 0.2) is 36.5 Å². The highest BCUT2D eigenvalue weighted by molar-refractivity contribution is 7.45. The van der Waals surface area contributed by atoms with Gasteiger partial charge in [0.25, 0.3) is 7.82 Å². The van der Waals surface area contributed by atoms with E-state index in [2.05, 4.69) is 56.0 Å². The van der Waals surface area contributed by atoms with Gasteiger partial charge in [0.2, 0.25) is 0 Å². The van der Waals surface area contributed by atoms with Crippen LogP contribution in [0.3, 0.4) is 0 Å². The highest BCUT2D eigenvalue weighted by Gasteiger charge is 2.21. The van der Waals surface area contributed by atoms with Gasteiger partial charge in [0.05, 0.1) is 13.2 Å². The first-order valence-electron chi connectivity index (χ1n) is 19.5. The van der Waals surface area contributed by atoms with Crippen LogP contribution in [0.4, 0.5) is 0 Å². The minimum absolute atomic E-state index is 0.108. The first-order valence-corrected chi connectivity index (χ1v) is 21.0. The number of rotatable bonds is 36. The molecular weight excluding hydrogens is 641 g/mol. The zero-order valence-corrected chi connectivity index (χ0v) is 32.2. The number of hydrogen-bond acceptors (Lipinski definition) is 8. The van der Waals surface area contributed by atoms with Gasteiger partial charge >= 0.3 is 11.9 Å². The van der Waals surface area contributed by atoms with Gasteiger partial charge < -0.3 is 29.1 Å². The Morgan fingerprint density at radius 2 is 1.06 bits per heavy atom. The van der Waals surface area contributed by atoms with Crippen molar-refractivity contribution in [3.05, 3.63) is 36.5 Å². The molecule has 0 saturated carbocycles. The summed E-state index contributed by atoms with van der Waals surface area (Å²) in [5, 5.41) is 0. The molecule has 3 N–H and O–H groups in total. The van der Waals surface area contributed by atoms with Crippen molar-refractivity contribution in [3.63, 3.8) is 0 Å². The maximum atomic E-state index is 12.5. The average molecular weight is 714 g/mol. The summed E-state index contributed by atoms with van der Waals surface area (Å²) in [6.07, 6.45) is 37.3. The Bertz CT molecular complexity index is 907. The summed E-state index contributed by atoms with van der Waals surface area (Å²) >= 11 is 0. The normalized spacial score (nSPS) is 13.8. The first-order chi connectivity index (χ1) is 23.8. The fourth-order valence-electron chi connectivity index (χ4n) is 5.07. The molecule has 1 unspecified atom stereocenters. The molecule has 0 aliphatic carbocycles. The van der Waals surface area contributed by atoms with Gasteiger partial charge in [0.15, 0.2) is 6.10 Å². The summed E-state index contributed by atoms with van der Waals surface area (Å²) in [5.74, 6) is -0.875. The third-order valence-corrected chi connectivity index (χ3v) is 8.98. The lowest BCUT2D eigenvalue weighted by Crippen LogP contribution is -2.52. The molecule has 0 spiro atoms. The molecule has 0 amide bonds. The van der Waals surface area contributed by atoms with E-state index in [0.29, 0.717) is 12.8 Å². The van der Waals surface area contributed by atoms with E-state index in [9.17, 15) is 19.0 Å². The molecule has 0 fully saturated rings. The smallest absolute Gasteiger partial charge is 0.306 e. The number of phosphoric ester groups is 1. The van der Waals surface area contributed by atoms with Crippen LogP contribution in [-0.4, -0.2) is 44.4 Å². The molecule has 2 atom stereocenters. The minimum atomic E-state index is -4.59. The van der Waals surface area contributed by atoms with E-state index in [0.717, 1.165) is 70.6 Å². The molecule has 0 radical (unpaired) electrons. The summed E-state index contributed by atoms with van der Waals surface area (Å²) in [4.78, 5) is 36.8. The second-order valence-electron chi connectivity index (χ2n) is 12.8. The molecule has 0 aliphatic rings. The lowest BCUT2D eigenvalue weighted by molar-refractivity contribution is -0.373. The number of allylic oxidation sites excluding steroid dienone is 6. The number of carbonyl (C=O) groups excluding carboxylic acids is 2. The van der Waals surface area contributed by atoms with Gasteiger partial charge in [-0.05, 0) is 70.6 Å². The van der Waals surface area contributed by atoms with E-state index in [1.165, 1.54) is 57.8 Å². The quantitative estimate of drug-likeness (QED) is 0.0293. The molecule has 10 heteroatoms. The van der Waals surface area contributed by atoms with E-state index in [1.54, 1.807) is 0 Å². The lowest BCUT2D eigenvalue weighted by Gasteiger charge is -2.25. The van der Waals surface area contributed by atoms with Crippen LogP contribution in [0.5, 0.6) is 0 Å². The van der Waals surface area contributed by atoms with Crippen LogP contribution in [0, 0.1) is 0 Å². The molecule has 0 rings (SSSR count). The monoisotopic (exact) mass is 713 g/mol. The summed E-state index contributed by atoms with van der Waals surface area (Å²) in [6, 6.07) is 0. The number of carbonyl (C=O) groups is 2. The van der Waals surface area contributed by atoms with Crippen molar-refractivity contribution in [2.75, 3.05) is 26.4 Å². The molecule has 0 aliphatic heterocycles. The molecule has 0 saturated heterocycles. The van der Waals surface area contributed by atoms with Gasteiger partial charge in [-0.2, -0.15) is 0 Å². The molecule has 0 aromatic heterocycles. The topological polar surface area (TPSA) is 139 Å². The highest BCUT2D eigenvalue weighted by Crippen LogP contribution is 2.38. The maximum absolute atomic E-state index is 12.5. The van der Waals surface area contributed by atoms with Crippen molar-refractivity contribution >= 4 is 19.8 Å². The van der Waals surface area contributed by atoms with Crippen molar-refractivity contribution in [2.45, 2.75) is 174 Å². The first kappa shape index (κ1) is 47.2. The van der Waals surface area contributed by atoms with Gasteiger partial charge in [0, 0.05) is 12.8 Å². The Balaban J connectivity index is 4.26. The van der Waals surface area contributed by atoms with Crippen LogP contribution in [0.2, 0.25) is 0 Å². The van der Waals surface area contributed by atoms with Crippen LogP contribution in [0.25, 0.3) is 0 Å². The summed E-state index contributed by atoms with van der Waals surface area (Å²) < 4.78 is 32.4. The Kier molecular flexibility index (Phi) is 34.7. The van der Waals surface area contributed by atoms with Crippen molar-refractivity contribution in [1.82, 2.24) is 0 Å². The van der Waals surface area contributed by atoms with Crippen molar-refractivity contribution in [1.29, 1.82) is 0 Å². The number of ether oxygens (including phenoxy) is 2. The molecule has 286 valence electrons. The minimum Gasteiger partial charge on any atom is -0.756 e. The number of unbranched alkanes of at least 4 members (excludes halogenated alkanes) is 17. The standard InChI is InChI=1S/C39H72NO8P/c1-3-5-7-9-11-13-15-17-18-20-22-24-26-28-30-32-39(42)48-37(36-47-49(43,44)46-34-33-40)35-45-38(41)31-29-27-25-23-21-19-16-14-12-10-8-6-4-2/h11,13-14,16-18,37H,3-10,12,15,19-36,40H2,1-2H3,(H,43,44)/b13-11-,16-14-,18-17-/t37-/m1/s1. The van der Waals surface area contributed by atoms with E-state index < -0.39 is 32.5 Å². The number of esters is 2. The Morgan fingerprint density at radius 1 is 0.612 bits per heavy atom. The van der Waals surface area contributed by atoms with Crippen LogP contribution in [0.1, 0.15) is 168 Å². The van der Waals surface area contributed by atoms with Crippen LogP contribution < -0.4 is 10.6 Å². The molecule has 0 heterocycles. The molecule has 0 aromatic carbocycles. The fraction of sp³-hybridized carbons (Fsp3) is 0.795. The number of phosphoric acid groups is 1. The summed E-state index contributed by atoms with van der Waals surface area (Å²) in [7, 11) is -4.59. The third kappa shape index (κ3) is 35.8. The molecule has 0 bridgehead atoms. The summed E-state index contributed by atoms with van der Waals surface area (Å²) in [6.45, 7) is 3.85. The molecule has 49 heavy (non-hydrogen) atoms. The lowest BCUT2D eigenvalue weighted by atomic mass is 10.1. The Hall–Kier alpha value is -1.77. The molecular formula is C39H72NO8P. The van der Waals surface area contributed by atoms with Gasteiger partial charge in [-0.25, -0.2) is 0 Å². The maximum Gasteiger partial charge on any atom is 0.306 e. The average Bonchev–Trinajstić information content (AvgIpc) is 3.08. The number of hydrogen-bond donors (Lipinski definition) is 1. The van der Waals surface area contributed by atoms with E-state index in [1.807, 2.05) is 0 Å². The Labute approximate surface area is 299 Å². The van der Waals surface area contributed by atoms with Gasteiger partial charge in [-0.1, -0.05) is 121 Å². The molecule has 9 nitrogen and oxygen atoms in total. The second-order valence-corrected chi connectivity index (χ2v) is 14.2. The third-order valence-electron chi connectivity index (χ3n) is 8.01. The predicted molar refractivity (Wildman–Crippen MR) is 198 cm³/mol. The van der Waals surface area contributed by atoms with E-state index in [4.69, 9.17) is 18.5 Å². The Morgan fingerprint density at radius 3 is 1.61 bits per heavy atom. The zero-order chi connectivity index (χ0) is 36.1. The number of quaternary nitrogens is 1. The van der Waals surface area contributed by atoms with Gasteiger partial charge in [-0.3, -0.25) is 14.2 Å².